The van der Waals surface area contributed by atoms with Crippen molar-refractivity contribution in [3.05, 3.63) is 29.3 Å². The second kappa shape index (κ2) is 10.4. The number of aliphatic imine (C=N–C) groups is 1. The summed E-state index contributed by atoms with van der Waals surface area (Å²) < 4.78 is 26.7. The third kappa shape index (κ3) is 6.73. The minimum Gasteiger partial charge on any atom is -0.370 e. The molecule has 0 bridgehead atoms. The van der Waals surface area contributed by atoms with Gasteiger partial charge in [-0.15, -0.1) is 24.0 Å². The quantitative estimate of drug-likeness (QED) is 0.290. The molecule has 24 heavy (non-hydrogen) atoms. The molecular weight excluding hydrogens is 463 g/mol. The number of nitrogens with one attached hydrogen (secondary N) is 1. The molecule has 1 aliphatic rings. The highest BCUT2D eigenvalue weighted by Crippen LogP contribution is 2.15. The van der Waals surface area contributed by atoms with E-state index in [9.17, 15) is 8.42 Å². The Morgan fingerprint density at radius 1 is 1.25 bits per heavy atom. The first-order chi connectivity index (χ1) is 11.0. The van der Waals surface area contributed by atoms with Gasteiger partial charge in [0.05, 0.1) is 11.4 Å². The number of rotatable bonds is 5. The van der Waals surface area contributed by atoms with Crippen LogP contribution in [0.25, 0.3) is 0 Å². The van der Waals surface area contributed by atoms with Gasteiger partial charge in [0.1, 0.15) is 0 Å². The summed E-state index contributed by atoms with van der Waals surface area (Å²) in [6.45, 7) is 2.35. The van der Waals surface area contributed by atoms with Crippen LogP contribution in [0.2, 0.25) is 5.02 Å². The summed E-state index contributed by atoms with van der Waals surface area (Å²) >= 11 is 5.82. The van der Waals surface area contributed by atoms with Gasteiger partial charge in [-0.3, -0.25) is 4.99 Å². The number of nitrogens with zero attached hydrogens (tertiary/aromatic N) is 2. The fourth-order valence-electron chi connectivity index (χ4n) is 2.47. The predicted molar refractivity (Wildman–Crippen MR) is 109 cm³/mol. The van der Waals surface area contributed by atoms with Gasteiger partial charge in [0.25, 0.3) is 0 Å². The van der Waals surface area contributed by atoms with Crippen LogP contribution in [0.5, 0.6) is 0 Å². The first-order valence-corrected chi connectivity index (χ1v) is 9.65. The van der Waals surface area contributed by atoms with Crippen LogP contribution in [-0.4, -0.2) is 45.5 Å². The molecule has 0 aliphatic carbocycles. The standard InChI is InChI=1S/C15H23ClN4O2S.HI/c16-13-6-5-7-14(12-13)23(21,22)19-9-8-18-15(17)20-10-3-1-2-4-11-20;/h5-7,12,19H,1-4,8-11H2,(H2,17,18);1H. The third-order valence-electron chi connectivity index (χ3n) is 3.71. The van der Waals surface area contributed by atoms with E-state index >= 15 is 0 Å². The lowest BCUT2D eigenvalue weighted by Crippen LogP contribution is -2.38. The second-order valence-corrected chi connectivity index (χ2v) is 7.70. The molecule has 0 spiro atoms. The molecule has 0 unspecified atom stereocenters. The number of guanidine groups is 1. The van der Waals surface area contributed by atoms with Crippen LogP contribution in [0.1, 0.15) is 25.7 Å². The molecule has 0 saturated carbocycles. The summed E-state index contributed by atoms with van der Waals surface area (Å²) in [5, 5.41) is 0.385. The van der Waals surface area contributed by atoms with Gasteiger partial charge in [-0.1, -0.05) is 30.5 Å². The Balaban J connectivity index is 0.00000288. The van der Waals surface area contributed by atoms with Gasteiger partial charge in [-0.05, 0) is 31.0 Å². The predicted octanol–water partition coefficient (Wildman–Crippen LogP) is 2.43. The highest BCUT2D eigenvalue weighted by molar-refractivity contribution is 14.0. The number of likely N-dealkylation sites (tertiary alicyclic amines) is 1. The molecule has 1 aromatic rings. The van der Waals surface area contributed by atoms with Crippen LogP contribution in [0.15, 0.2) is 34.2 Å². The first-order valence-electron chi connectivity index (χ1n) is 7.79. The van der Waals surface area contributed by atoms with Gasteiger partial charge in [0.2, 0.25) is 10.0 Å². The maximum Gasteiger partial charge on any atom is 0.240 e. The Kier molecular flexibility index (Phi) is 9.32. The minimum absolute atomic E-state index is 0. The van der Waals surface area contributed by atoms with Crippen LogP contribution in [0.4, 0.5) is 0 Å². The summed E-state index contributed by atoms with van der Waals surface area (Å²) in [6, 6.07) is 6.15. The maximum absolute atomic E-state index is 12.1. The Hall–Kier alpha value is -0.580. The molecule has 1 saturated heterocycles. The smallest absolute Gasteiger partial charge is 0.240 e. The maximum atomic E-state index is 12.1. The average Bonchev–Trinajstić information content (AvgIpc) is 2.80. The molecule has 1 aliphatic heterocycles. The minimum atomic E-state index is -3.57. The van der Waals surface area contributed by atoms with E-state index in [1.165, 1.54) is 25.0 Å². The molecule has 6 nitrogen and oxygen atoms in total. The molecule has 9 heteroatoms. The zero-order valence-electron chi connectivity index (χ0n) is 13.4. The Morgan fingerprint density at radius 3 is 2.54 bits per heavy atom. The molecular formula is C15H24ClIN4O2S. The van der Waals surface area contributed by atoms with E-state index in [2.05, 4.69) is 14.6 Å². The molecule has 0 aromatic heterocycles. The fraction of sp³-hybridized carbons (Fsp3) is 0.533. The SMILES string of the molecule is I.NC(=NCCNS(=O)(=O)c1cccc(Cl)c1)N1CCCCCC1. The number of halogens is 2. The largest absolute Gasteiger partial charge is 0.370 e. The van der Waals surface area contributed by atoms with Crippen molar-refractivity contribution in [1.29, 1.82) is 0 Å². The lowest BCUT2D eigenvalue weighted by molar-refractivity contribution is 0.428. The summed E-state index contributed by atoms with van der Waals surface area (Å²) in [7, 11) is -3.57. The molecule has 0 radical (unpaired) electrons. The summed E-state index contributed by atoms with van der Waals surface area (Å²) in [4.78, 5) is 6.49. The normalized spacial score (nSPS) is 16.4. The van der Waals surface area contributed by atoms with Gasteiger partial charge < -0.3 is 10.6 Å². The molecule has 1 aromatic carbocycles. The molecule has 1 fully saturated rings. The van der Waals surface area contributed by atoms with Crippen LogP contribution >= 0.6 is 35.6 Å². The van der Waals surface area contributed by atoms with E-state index < -0.39 is 10.0 Å². The number of hydrogen-bond acceptors (Lipinski definition) is 3. The monoisotopic (exact) mass is 486 g/mol. The number of sulfonamides is 1. The van der Waals surface area contributed by atoms with E-state index in [0.29, 0.717) is 17.5 Å². The van der Waals surface area contributed by atoms with Crippen LogP contribution < -0.4 is 10.5 Å². The third-order valence-corrected chi connectivity index (χ3v) is 5.41. The van der Waals surface area contributed by atoms with Gasteiger partial charge in [-0.2, -0.15) is 0 Å². The summed E-state index contributed by atoms with van der Waals surface area (Å²) in [6.07, 6.45) is 4.70. The van der Waals surface area contributed by atoms with E-state index in [4.69, 9.17) is 17.3 Å². The number of nitrogens with two attached hydrogens (primary N) is 1. The molecule has 3 N–H and O–H groups in total. The van der Waals surface area contributed by atoms with Crippen LogP contribution in [-0.2, 0) is 10.0 Å². The topological polar surface area (TPSA) is 87.8 Å². The van der Waals surface area contributed by atoms with Crippen molar-refractivity contribution in [2.75, 3.05) is 26.2 Å². The molecule has 0 atom stereocenters. The lowest BCUT2D eigenvalue weighted by atomic mass is 10.2. The van der Waals surface area contributed by atoms with Crippen molar-refractivity contribution in [2.24, 2.45) is 10.7 Å². The fourth-order valence-corrected chi connectivity index (χ4v) is 3.79. The summed E-state index contributed by atoms with van der Waals surface area (Å²) in [5.74, 6) is 0.494. The molecule has 136 valence electrons. The first kappa shape index (κ1) is 21.5. The van der Waals surface area contributed by atoms with Gasteiger partial charge >= 0.3 is 0 Å². The van der Waals surface area contributed by atoms with Crippen molar-refractivity contribution in [2.45, 2.75) is 30.6 Å². The number of benzene rings is 1. The second-order valence-electron chi connectivity index (χ2n) is 5.50. The van der Waals surface area contributed by atoms with Crippen molar-refractivity contribution in [1.82, 2.24) is 9.62 Å². The summed E-state index contributed by atoms with van der Waals surface area (Å²) in [5.41, 5.74) is 5.98. The van der Waals surface area contributed by atoms with Crippen LogP contribution in [0.3, 0.4) is 0 Å². The highest BCUT2D eigenvalue weighted by Gasteiger charge is 2.14. The van der Waals surface area contributed by atoms with E-state index in [1.807, 2.05) is 0 Å². The van der Waals surface area contributed by atoms with E-state index in [-0.39, 0.29) is 35.4 Å². The van der Waals surface area contributed by atoms with Gasteiger partial charge in [0, 0.05) is 24.7 Å². The Morgan fingerprint density at radius 2 is 1.92 bits per heavy atom. The number of hydrogen-bond donors (Lipinski definition) is 2. The van der Waals surface area contributed by atoms with Gasteiger partial charge in [0.15, 0.2) is 5.96 Å². The Labute approximate surface area is 165 Å². The van der Waals surface area contributed by atoms with Crippen LogP contribution in [0, 0.1) is 0 Å². The zero-order chi connectivity index (χ0) is 16.7. The average molecular weight is 487 g/mol. The van der Waals surface area contributed by atoms with Crippen molar-refractivity contribution in [3.63, 3.8) is 0 Å². The van der Waals surface area contributed by atoms with Crippen molar-refractivity contribution in [3.8, 4) is 0 Å². The van der Waals surface area contributed by atoms with Crippen molar-refractivity contribution >= 4 is 51.6 Å². The zero-order valence-corrected chi connectivity index (χ0v) is 17.4. The molecule has 1 heterocycles. The molecule has 2 rings (SSSR count). The van der Waals surface area contributed by atoms with Gasteiger partial charge in [-0.25, -0.2) is 13.1 Å². The highest BCUT2D eigenvalue weighted by atomic mass is 127. The van der Waals surface area contributed by atoms with E-state index in [0.717, 1.165) is 25.9 Å². The van der Waals surface area contributed by atoms with Crippen molar-refractivity contribution < 1.29 is 8.42 Å². The Bertz CT molecular complexity index is 647. The lowest BCUT2D eigenvalue weighted by Gasteiger charge is -2.21. The van der Waals surface area contributed by atoms with E-state index in [1.54, 1.807) is 12.1 Å². The molecule has 0 amide bonds.